The first kappa shape index (κ1) is 19.1. The van der Waals surface area contributed by atoms with E-state index in [1.807, 2.05) is 0 Å². The zero-order chi connectivity index (χ0) is 19.6. The molecule has 1 heterocycles. The van der Waals surface area contributed by atoms with Crippen LogP contribution in [0.1, 0.15) is 17.2 Å². The van der Waals surface area contributed by atoms with Crippen LogP contribution in [-0.2, 0) is 9.53 Å². The molecule has 2 amide bonds. The van der Waals surface area contributed by atoms with E-state index < -0.39 is 18.0 Å². The lowest BCUT2D eigenvalue weighted by molar-refractivity contribution is -0.136. The summed E-state index contributed by atoms with van der Waals surface area (Å²) in [6.45, 7) is 0. The van der Waals surface area contributed by atoms with Gasteiger partial charge in [-0.3, -0.25) is 0 Å². The average molecular weight is 407 g/mol. The van der Waals surface area contributed by atoms with Crippen LogP contribution in [-0.4, -0.2) is 26.2 Å². The Morgan fingerprint density at radius 3 is 2.22 bits per heavy atom. The molecule has 0 radical (unpaired) electrons. The van der Waals surface area contributed by atoms with E-state index in [-0.39, 0.29) is 5.57 Å². The van der Waals surface area contributed by atoms with Gasteiger partial charge in [0.2, 0.25) is 0 Å². The van der Waals surface area contributed by atoms with Crippen LogP contribution in [0.5, 0.6) is 5.75 Å². The lowest BCUT2D eigenvalue weighted by Crippen LogP contribution is -2.45. The Labute approximate surface area is 166 Å². The second-order valence-electron chi connectivity index (χ2n) is 5.68. The van der Waals surface area contributed by atoms with Crippen molar-refractivity contribution >= 4 is 40.9 Å². The van der Waals surface area contributed by atoms with Crippen molar-refractivity contribution in [2.24, 2.45) is 0 Å². The van der Waals surface area contributed by atoms with Crippen LogP contribution in [0.4, 0.5) is 4.79 Å². The van der Waals surface area contributed by atoms with Gasteiger partial charge in [0.05, 0.1) is 31.5 Å². The van der Waals surface area contributed by atoms with Crippen molar-refractivity contribution in [2.45, 2.75) is 6.04 Å². The molecule has 0 aliphatic carbocycles. The molecule has 1 aliphatic rings. The Kier molecular flexibility index (Phi) is 5.58. The van der Waals surface area contributed by atoms with Crippen LogP contribution >= 0.6 is 23.2 Å². The number of ether oxygens (including phenoxy) is 2. The summed E-state index contributed by atoms with van der Waals surface area (Å²) >= 11 is 12.6. The van der Waals surface area contributed by atoms with Gasteiger partial charge in [0, 0.05) is 15.6 Å². The standard InChI is InChI=1S/C19H16Cl2N2O4/c1-26-11-8-6-10(7-9-11)16-15(18(24)27-2)17(23-19(25)22-16)14-12(20)4-3-5-13(14)21/h3-9,17H,1-2H3,(H2,22,23,25). The molecule has 0 saturated heterocycles. The normalized spacial score (nSPS) is 16.4. The van der Waals surface area contributed by atoms with Crippen molar-refractivity contribution in [1.82, 2.24) is 10.6 Å². The van der Waals surface area contributed by atoms with Crippen LogP contribution in [0.15, 0.2) is 48.0 Å². The minimum absolute atomic E-state index is 0.192. The molecule has 2 N–H and O–H groups in total. The smallest absolute Gasteiger partial charge is 0.338 e. The molecule has 0 saturated carbocycles. The summed E-state index contributed by atoms with van der Waals surface area (Å²) in [5.41, 5.74) is 1.54. The molecule has 2 aromatic carbocycles. The van der Waals surface area contributed by atoms with E-state index in [2.05, 4.69) is 10.6 Å². The first-order valence-corrected chi connectivity index (χ1v) is 8.70. The number of hydrogen-bond donors (Lipinski definition) is 2. The van der Waals surface area contributed by atoms with Gasteiger partial charge in [-0.2, -0.15) is 0 Å². The van der Waals surface area contributed by atoms with Crippen molar-refractivity contribution in [2.75, 3.05) is 14.2 Å². The third-order valence-electron chi connectivity index (χ3n) is 4.14. The van der Waals surface area contributed by atoms with Gasteiger partial charge in [0.25, 0.3) is 0 Å². The number of carbonyl (C=O) groups is 2. The van der Waals surface area contributed by atoms with Gasteiger partial charge in [-0.25, -0.2) is 9.59 Å². The van der Waals surface area contributed by atoms with Gasteiger partial charge < -0.3 is 20.1 Å². The van der Waals surface area contributed by atoms with E-state index in [9.17, 15) is 9.59 Å². The summed E-state index contributed by atoms with van der Waals surface area (Å²) in [4.78, 5) is 24.9. The predicted molar refractivity (Wildman–Crippen MR) is 103 cm³/mol. The molecule has 8 heteroatoms. The number of methoxy groups -OCH3 is 2. The Morgan fingerprint density at radius 1 is 1.04 bits per heavy atom. The van der Waals surface area contributed by atoms with Crippen LogP contribution < -0.4 is 15.4 Å². The molecule has 0 fully saturated rings. The summed E-state index contributed by atoms with van der Waals surface area (Å²) < 4.78 is 10.1. The molecule has 6 nitrogen and oxygen atoms in total. The summed E-state index contributed by atoms with van der Waals surface area (Å²) in [5.74, 6) is 0.0271. The highest BCUT2D eigenvalue weighted by Crippen LogP contribution is 2.38. The molecule has 140 valence electrons. The third-order valence-corrected chi connectivity index (χ3v) is 4.80. The van der Waals surface area contributed by atoms with Gasteiger partial charge in [0.1, 0.15) is 5.75 Å². The lowest BCUT2D eigenvalue weighted by atomic mass is 9.92. The minimum Gasteiger partial charge on any atom is -0.497 e. The Morgan fingerprint density at radius 2 is 1.67 bits per heavy atom. The van der Waals surface area contributed by atoms with E-state index in [1.54, 1.807) is 49.6 Å². The second kappa shape index (κ2) is 7.90. The molecule has 27 heavy (non-hydrogen) atoms. The molecule has 1 unspecified atom stereocenters. The molecule has 3 rings (SSSR count). The number of nitrogens with one attached hydrogen (secondary N) is 2. The van der Waals surface area contributed by atoms with E-state index in [4.69, 9.17) is 32.7 Å². The number of hydrogen-bond acceptors (Lipinski definition) is 4. The molecule has 0 aromatic heterocycles. The van der Waals surface area contributed by atoms with E-state index in [0.717, 1.165) is 0 Å². The molecule has 1 atom stereocenters. The number of rotatable bonds is 4. The SMILES string of the molecule is COC(=O)C1=C(c2ccc(OC)cc2)NC(=O)NC1c1c(Cl)cccc1Cl. The van der Waals surface area contributed by atoms with Crippen molar-refractivity contribution < 1.29 is 19.1 Å². The van der Waals surface area contributed by atoms with Crippen molar-refractivity contribution in [3.8, 4) is 5.75 Å². The molecule has 2 aromatic rings. The Balaban J connectivity index is 2.23. The van der Waals surface area contributed by atoms with Gasteiger partial charge in [0.15, 0.2) is 0 Å². The number of carbonyl (C=O) groups excluding carboxylic acids is 2. The summed E-state index contributed by atoms with van der Waals surface area (Å²) in [6.07, 6.45) is 0. The highest BCUT2D eigenvalue weighted by Gasteiger charge is 2.36. The zero-order valence-electron chi connectivity index (χ0n) is 14.5. The topological polar surface area (TPSA) is 76.7 Å². The minimum atomic E-state index is -0.871. The maximum atomic E-state index is 12.6. The van der Waals surface area contributed by atoms with E-state index in [1.165, 1.54) is 7.11 Å². The Bertz CT molecular complexity index is 906. The maximum absolute atomic E-state index is 12.6. The van der Waals surface area contributed by atoms with Crippen molar-refractivity contribution in [3.05, 3.63) is 69.2 Å². The first-order chi connectivity index (χ1) is 13.0. The van der Waals surface area contributed by atoms with Gasteiger partial charge in [-0.15, -0.1) is 0 Å². The predicted octanol–water partition coefficient (Wildman–Crippen LogP) is 3.94. The van der Waals surface area contributed by atoms with Gasteiger partial charge in [-0.1, -0.05) is 29.3 Å². The second-order valence-corrected chi connectivity index (χ2v) is 6.49. The van der Waals surface area contributed by atoms with Crippen molar-refractivity contribution in [1.29, 1.82) is 0 Å². The van der Waals surface area contributed by atoms with Gasteiger partial charge in [-0.05, 0) is 42.0 Å². The number of halogens is 2. The van der Waals surface area contributed by atoms with E-state index >= 15 is 0 Å². The largest absolute Gasteiger partial charge is 0.497 e. The lowest BCUT2D eigenvalue weighted by Gasteiger charge is -2.30. The van der Waals surface area contributed by atoms with Crippen LogP contribution in [0.3, 0.4) is 0 Å². The van der Waals surface area contributed by atoms with Gasteiger partial charge >= 0.3 is 12.0 Å². The number of benzene rings is 2. The Hall–Kier alpha value is -2.70. The molecular formula is C19H16Cl2N2O4. The maximum Gasteiger partial charge on any atom is 0.338 e. The highest BCUT2D eigenvalue weighted by atomic mass is 35.5. The quantitative estimate of drug-likeness (QED) is 0.753. The molecular weight excluding hydrogens is 391 g/mol. The van der Waals surface area contributed by atoms with Crippen LogP contribution in [0, 0.1) is 0 Å². The zero-order valence-corrected chi connectivity index (χ0v) is 16.0. The highest BCUT2D eigenvalue weighted by molar-refractivity contribution is 6.36. The van der Waals surface area contributed by atoms with Crippen LogP contribution in [0.25, 0.3) is 5.70 Å². The monoisotopic (exact) mass is 406 g/mol. The van der Waals surface area contributed by atoms with E-state index in [0.29, 0.717) is 32.6 Å². The summed E-state index contributed by atoms with van der Waals surface area (Å²) in [5, 5.41) is 6.02. The summed E-state index contributed by atoms with van der Waals surface area (Å²) in [6, 6.07) is 10.5. The average Bonchev–Trinajstić information content (AvgIpc) is 2.67. The number of urea groups is 1. The summed E-state index contributed by atoms with van der Waals surface area (Å²) in [7, 11) is 2.82. The fourth-order valence-corrected chi connectivity index (χ4v) is 3.50. The fraction of sp³-hybridized carbons (Fsp3) is 0.158. The molecule has 0 bridgehead atoms. The fourth-order valence-electron chi connectivity index (χ4n) is 2.88. The van der Waals surface area contributed by atoms with Crippen LogP contribution in [0.2, 0.25) is 10.0 Å². The first-order valence-electron chi connectivity index (χ1n) is 7.94. The third kappa shape index (κ3) is 3.72. The van der Waals surface area contributed by atoms with Crippen molar-refractivity contribution in [3.63, 3.8) is 0 Å². The number of esters is 1. The number of amides is 2. The molecule has 0 spiro atoms. The molecule has 1 aliphatic heterocycles.